The maximum absolute atomic E-state index is 12.3. The van der Waals surface area contributed by atoms with Crippen molar-refractivity contribution in [1.82, 2.24) is 9.80 Å². The predicted molar refractivity (Wildman–Crippen MR) is 72.6 cm³/mol. The van der Waals surface area contributed by atoms with Crippen molar-refractivity contribution < 1.29 is 4.79 Å². The van der Waals surface area contributed by atoms with Gasteiger partial charge in [0, 0.05) is 30.7 Å². The molecule has 0 aromatic heterocycles. The molecule has 1 aromatic rings. The lowest BCUT2D eigenvalue weighted by Gasteiger charge is -2.32. The van der Waals surface area contributed by atoms with E-state index in [1.54, 1.807) is 18.2 Å². The molecule has 1 aliphatic rings. The molecule has 0 spiro atoms. The lowest BCUT2D eigenvalue weighted by Crippen LogP contribution is -2.47. The van der Waals surface area contributed by atoms with Gasteiger partial charge in [0.05, 0.1) is 10.6 Å². The number of amides is 1. The zero-order valence-electron chi connectivity index (χ0n) is 9.62. The van der Waals surface area contributed by atoms with E-state index in [2.05, 4.69) is 27.9 Å². The summed E-state index contributed by atoms with van der Waals surface area (Å²) in [5.74, 6) is 0.0486. The van der Waals surface area contributed by atoms with Crippen molar-refractivity contribution in [3.63, 3.8) is 0 Å². The van der Waals surface area contributed by atoms with Gasteiger partial charge in [-0.3, -0.25) is 4.79 Å². The quantitative estimate of drug-likeness (QED) is 0.794. The molecule has 1 fully saturated rings. The van der Waals surface area contributed by atoms with E-state index in [4.69, 9.17) is 11.6 Å². The van der Waals surface area contributed by atoms with Crippen LogP contribution in [0, 0.1) is 0 Å². The van der Waals surface area contributed by atoms with Gasteiger partial charge in [0.15, 0.2) is 0 Å². The molecule has 0 radical (unpaired) electrons. The fourth-order valence-electron chi connectivity index (χ4n) is 1.85. The monoisotopic (exact) mass is 316 g/mol. The highest BCUT2D eigenvalue weighted by Crippen LogP contribution is 2.27. The summed E-state index contributed by atoms with van der Waals surface area (Å²) in [6, 6.07) is 5.37. The van der Waals surface area contributed by atoms with Gasteiger partial charge in [0.25, 0.3) is 5.91 Å². The smallest absolute Gasteiger partial charge is 0.255 e. The van der Waals surface area contributed by atoms with Crippen LogP contribution in [0.2, 0.25) is 5.02 Å². The molecule has 0 saturated carbocycles. The Balaban J connectivity index is 2.17. The van der Waals surface area contributed by atoms with Crippen molar-refractivity contribution in [3.05, 3.63) is 33.3 Å². The lowest BCUT2D eigenvalue weighted by atomic mass is 10.2. The molecule has 2 rings (SSSR count). The molecule has 1 aromatic carbocycles. The maximum Gasteiger partial charge on any atom is 0.255 e. The number of likely N-dealkylation sites (N-methyl/N-ethyl adjacent to an activating group) is 1. The Labute approximate surface area is 114 Å². The third-order valence-electron chi connectivity index (χ3n) is 2.97. The van der Waals surface area contributed by atoms with Gasteiger partial charge in [-0.25, -0.2) is 0 Å². The van der Waals surface area contributed by atoms with Gasteiger partial charge in [0.2, 0.25) is 0 Å². The average molecular weight is 318 g/mol. The van der Waals surface area contributed by atoms with Crippen LogP contribution in [0.3, 0.4) is 0 Å². The van der Waals surface area contributed by atoms with Gasteiger partial charge >= 0.3 is 0 Å². The molecular weight excluding hydrogens is 304 g/mol. The van der Waals surface area contributed by atoms with Crippen LogP contribution in [0.4, 0.5) is 0 Å². The van der Waals surface area contributed by atoms with Gasteiger partial charge in [-0.15, -0.1) is 0 Å². The first kappa shape index (κ1) is 12.9. The van der Waals surface area contributed by atoms with Crippen LogP contribution in [0.5, 0.6) is 0 Å². The summed E-state index contributed by atoms with van der Waals surface area (Å²) in [6.45, 7) is 3.39. The van der Waals surface area contributed by atoms with Crippen LogP contribution in [-0.2, 0) is 0 Å². The first-order chi connectivity index (χ1) is 8.09. The number of piperazine rings is 1. The molecule has 0 aliphatic carbocycles. The van der Waals surface area contributed by atoms with E-state index in [-0.39, 0.29) is 5.91 Å². The second kappa shape index (κ2) is 5.38. The van der Waals surface area contributed by atoms with Gasteiger partial charge in [-0.2, -0.15) is 0 Å². The molecule has 92 valence electrons. The van der Waals surface area contributed by atoms with Gasteiger partial charge < -0.3 is 9.80 Å². The molecule has 0 N–H and O–H groups in total. The van der Waals surface area contributed by atoms with Gasteiger partial charge in [0.1, 0.15) is 0 Å². The van der Waals surface area contributed by atoms with Crippen molar-refractivity contribution in [3.8, 4) is 0 Å². The molecule has 1 saturated heterocycles. The van der Waals surface area contributed by atoms with Crippen LogP contribution in [0.1, 0.15) is 10.4 Å². The van der Waals surface area contributed by atoms with Crippen LogP contribution < -0.4 is 0 Å². The van der Waals surface area contributed by atoms with Gasteiger partial charge in [-0.1, -0.05) is 17.7 Å². The summed E-state index contributed by atoms with van der Waals surface area (Å²) in [4.78, 5) is 16.4. The molecular formula is C12H14BrClN2O. The maximum atomic E-state index is 12.3. The Morgan fingerprint density at radius 2 is 1.94 bits per heavy atom. The third-order valence-corrected chi connectivity index (χ3v) is 4.37. The molecule has 0 atom stereocenters. The second-order valence-corrected chi connectivity index (χ2v) is 5.40. The van der Waals surface area contributed by atoms with E-state index in [0.29, 0.717) is 15.1 Å². The van der Waals surface area contributed by atoms with E-state index in [0.717, 1.165) is 26.2 Å². The SMILES string of the molecule is CN1CCN(C(=O)c2cccc(Cl)c2Br)CC1. The number of carbonyl (C=O) groups is 1. The fraction of sp³-hybridized carbons (Fsp3) is 0.417. The number of carbonyl (C=O) groups excluding carboxylic acids is 1. The highest BCUT2D eigenvalue weighted by molar-refractivity contribution is 9.10. The minimum absolute atomic E-state index is 0.0486. The molecule has 3 nitrogen and oxygen atoms in total. The highest BCUT2D eigenvalue weighted by Gasteiger charge is 2.22. The molecule has 0 unspecified atom stereocenters. The van der Waals surface area contributed by atoms with E-state index in [1.165, 1.54) is 0 Å². The Morgan fingerprint density at radius 1 is 1.29 bits per heavy atom. The minimum atomic E-state index is 0.0486. The molecule has 0 bridgehead atoms. The number of halogens is 2. The zero-order chi connectivity index (χ0) is 12.4. The molecule has 1 heterocycles. The number of hydrogen-bond donors (Lipinski definition) is 0. The Hall–Kier alpha value is -0.580. The first-order valence-corrected chi connectivity index (χ1v) is 6.68. The average Bonchev–Trinajstić information content (AvgIpc) is 2.33. The first-order valence-electron chi connectivity index (χ1n) is 5.51. The fourth-order valence-corrected chi connectivity index (χ4v) is 2.46. The Bertz CT molecular complexity index is 431. The summed E-state index contributed by atoms with van der Waals surface area (Å²) in [5, 5.41) is 0.574. The molecule has 1 aliphatic heterocycles. The number of rotatable bonds is 1. The largest absolute Gasteiger partial charge is 0.336 e. The summed E-state index contributed by atoms with van der Waals surface area (Å²) in [7, 11) is 2.07. The summed E-state index contributed by atoms with van der Waals surface area (Å²) in [5.41, 5.74) is 0.641. The summed E-state index contributed by atoms with van der Waals surface area (Å²) < 4.78 is 0.686. The number of benzene rings is 1. The van der Waals surface area contributed by atoms with E-state index in [1.807, 2.05) is 4.90 Å². The number of nitrogens with zero attached hydrogens (tertiary/aromatic N) is 2. The van der Waals surface area contributed by atoms with Crippen molar-refractivity contribution in [2.75, 3.05) is 33.2 Å². The normalized spacial score (nSPS) is 17.2. The zero-order valence-corrected chi connectivity index (χ0v) is 12.0. The van der Waals surface area contributed by atoms with Crippen molar-refractivity contribution >= 4 is 33.4 Å². The summed E-state index contributed by atoms with van der Waals surface area (Å²) in [6.07, 6.45) is 0. The van der Waals surface area contributed by atoms with E-state index < -0.39 is 0 Å². The number of hydrogen-bond acceptors (Lipinski definition) is 2. The van der Waals surface area contributed by atoms with Crippen LogP contribution in [0.15, 0.2) is 22.7 Å². The van der Waals surface area contributed by atoms with E-state index in [9.17, 15) is 4.79 Å². The lowest BCUT2D eigenvalue weighted by molar-refractivity contribution is 0.0663. The molecule has 5 heteroatoms. The standard InChI is InChI=1S/C12H14BrClN2O/c1-15-5-7-16(8-6-15)12(17)9-3-2-4-10(14)11(9)13/h2-4H,5-8H2,1H3. The van der Waals surface area contributed by atoms with Gasteiger partial charge in [-0.05, 0) is 35.1 Å². The molecule has 17 heavy (non-hydrogen) atoms. The Morgan fingerprint density at radius 3 is 2.59 bits per heavy atom. The highest BCUT2D eigenvalue weighted by atomic mass is 79.9. The molecule has 1 amide bonds. The van der Waals surface area contributed by atoms with Crippen molar-refractivity contribution in [2.45, 2.75) is 0 Å². The minimum Gasteiger partial charge on any atom is -0.336 e. The second-order valence-electron chi connectivity index (χ2n) is 4.20. The van der Waals surface area contributed by atoms with Crippen LogP contribution in [-0.4, -0.2) is 48.9 Å². The topological polar surface area (TPSA) is 23.6 Å². The summed E-state index contributed by atoms with van der Waals surface area (Å²) >= 11 is 9.36. The Kier molecular flexibility index (Phi) is 4.07. The van der Waals surface area contributed by atoms with Crippen LogP contribution in [0.25, 0.3) is 0 Å². The van der Waals surface area contributed by atoms with Crippen molar-refractivity contribution in [1.29, 1.82) is 0 Å². The van der Waals surface area contributed by atoms with Crippen LogP contribution >= 0.6 is 27.5 Å². The van der Waals surface area contributed by atoms with Crippen molar-refractivity contribution in [2.24, 2.45) is 0 Å². The third kappa shape index (κ3) is 2.81. The predicted octanol–water partition coefficient (Wildman–Crippen LogP) is 2.49. The van der Waals surface area contributed by atoms with E-state index >= 15 is 0 Å².